The lowest BCUT2D eigenvalue weighted by molar-refractivity contribution is 0.0696. The van der Waals surface area contributed by atoms with Gasteiger partial charge in [0.05, 0.1) is 5.69 Å². The van der Waals surface area contributed by atoms with Crippen LogP contribution in [0.3, 0.4) is 0 Å². The van der Waals surface area contributed by atoms with E-state index in [9.17, 15) is 4.79 Å². The van der Waals surface area contributed by atoms with Crippen molar-refractivity contribution in [1.29, 1.82) is 0 Å². The van der Waals surface area contributed by atoms with Gasteiger partial charge in [0.1, 0.15) is 5.56 Å². The number of rotatable bonds is 3. The summed E-state index contributed by atoms with van der Waals surface area (Å²) >= 11 is 5.60. The summed E-state index contributed by atoms with van der Waals surface area (Å²) in [4.78, 5) is 10.7. The molecule has 0 aromatic carbocycles. The third-order valence-electron chi connectivity index (χ3n) is 1.62. The lowest BCUT2D eigenvalue weighted by atomic mass is 10.1. The van der Waals surface area contributed by atoms with Crippen LogP contribution in [0.2, 0.25) is 5.15 Å². The quantitative estimate of drug-likeness (QED) is 0.788. The Morgan fingerprint density at radius 1 is 1.69 bits per heavy atom. The molecule has 0 unspecified atom stereocenters. The first-order chi connectivity index (χ1) is 6.02. The van der Waals surface area contributed by atoms with Gasteiger partial charge < -0.3 is 5.11 Å². The molecule has 0 atom stereocenters. The highest BCUT2D eigenvalue weighted by molar-refractivity contribution is 6.32. The number of nitrogens with zero attached hydrogens (tertiary/aromatic N) is 1. The molecule has 0 saturated heterocycles. The van der Waals surface area contributed by atoms with Crippen molar-refractivity contribution >= 4 is 17.6 Å². The molecule has 1 heterocycles. The maximum atomic E-state index is 10.7. The normalized spacial score (nSPS) is 10.8. The fourth-order valence-electron chi connectivity index (χ4n) is 1.13. The van der Waals surface area contributed by atoms with E-state index < -0.39 is 5.97 Å². The highest BCUT2D eigenvalue weighted by atomic mass is 35.5. The van der Waals surface area contributed by atoms with E-state index in [2.05, 4.69) is 10.2 Å². The van der Waals surface area contributed by atoms with Crippen molar-refractivity contribution in [3.63, 3.8) is 0 Å². The minimum Gasteiger partial charge on any atom is -0.478 e. The summed E-state index contributed by atoms with van der Waals surface area (Å²) < 4.78 is 0. The predicted octanol–water partition coefficient (Wildman–Crippen LogP) is 1.96. The van der Waals surface area contributed by atoms with Crippen LogP contribution >= 0.6 is 11.6 Å². The maximum absolute atomic E-state index is 10.7. The zero-order valence-electron chi connectivity index (χ0n) is 7.47. The SMILES string of the molecule is CC(C)Cc1[nH]nc(Cl)c1C(=O)O. The molecule has 13 heavy (non-hydrogen) atoms. The highest BCUT2D eigenvalue weighted by Crippen LogP contribution is 2.18. The number of halogens is 1. The van der Waals surface area contributed by atoms with Crippen molar-refractivity contribution in [2.24, 2.45) is 5.92 Å². The molecule has 2 N–H and O–H groups in total. The van der Waals surface area contributed by atoms with E-state index in [-0.39, 0.29) is 10.7 Å². The molecule has 0 spiro atoms. The van der Waals surface area contributed by atoms with Gasteiger partial charge in [0.15, 0.2) is 5.15 Å². The third-order valence-corrected chi connectivity index (χ3v) is 1.90. The number of aromatic nitrogens is 2. The second-order valence-corrected chi connectivity index (χ2v) is 3.63. The standard InChI is InChI=1S/C8H11ClN2O2/c1-4(2)3-5-6(8(12)13)7(9)11-10-5/h4H,3H2,1-2H3,(H,10,11)(H,12,13). The van der Waals surface area contributed by atoms with E-state index in [1.165, 1.54) is 0 Å². The van der Waals surface area contributed by atoms with E-state index >= 15 is 0 Å². The Bertz CT molecular complexity index is 320. The summed E-state index contributed by atoms with van der Waals surface area (Å²) in [5, 5.41) is 15.1. The number of carboxylic acid groups (broad SMARTS) is 1. The van der Waals surface area contributed by atoms with Crippen molar-refractivity contribution in [2.75, 3.05) is 0 Å². The van der Waals surface area contributed by atoms with E-state index in [1.807, 2.05) is 13.8 Å². The molecule has 1 aromatic heterocycles. The number of H-pyrrole nitrogens is 1. The molecule has 4 nitrogen and oxygen atoms in total. The van der Waals surface area contributed by atoms with Gasteiger partial charge in [0.2, 0.25) is 0 Å². The van der Waals surface area contributed by atoms with Gasteiger partial charge >= 0.3 is 5.97 Å². The molecule has 5 heteroatoms. The van der Waals surface area contributed by atoms with Gasteiger partial charge in [-0.2, -0.15) is 5.10 Å². The molecule has 1 aromatic rings. The monoisotopic (exact) mass is 202 g/mol. The van der Waals surface area contributed by atoms with E-state index in [0.29, 0.717) is 18.0 Å². The number of hydrogen-bond acceptors (Lipinski definition) is 2. The number of carbonyl (C=O) groups is 1. The Labute approximate surface area is 80.9 Å². The van der Waals surface area contributed by atoms with Crippen molar-refractivity contribution in [1.82, 2.24) is 10.2 Å². The Morgan fingerprint density at radius 3 is 2.77 bits per heavy atom. The molecule has 0 saturated carbocycles. The van der Waals surface area contributed by atoms with Gasteiger partial charge in [-0.1, -0.05) is 25.4 Å². The van der Waals surface area contributed by atoms with E-state index in [4.69, 9.17) is 16.7 Å². The Morgan fingerprint density at radius 2 is 2.31 bits per heavy atom. The maximum Gasteiger partial charge on any atom is 0.340 e. The van der Waals surface area contributed by atoms with Crippen LogP contribution in [0, 0.1) is 5.92 Å². The average molecular weight is 203 g/mol. The summed E-state index contributed by atoms with van der Waals surface area (Å²) in [6, 6.07) is 0. The van der Waals surface area contributed by atoms with Crippen LogP contribution in [0.5, 0.6) is 0 Å². The number of aromatic amines is 1. The van der Waals surface area contributed by atoms with Gasteiger partial charge in [0.25, 0.3) is 0 Å². The third kappa shape index (κ3) is 2.21. The second kappa shape index (κ2) is 3.79. The Balaban J connectivity index is 3.00. The summed E-state index contributed by atoms with van der Waals surface area (Å²) in [6.45, 7) is 4.00. The summed E-state index contributed by atoms with van der Waals surface area (Å²) in [5.41, 5.74) is 0.683. The number of carboxylic acids is 1. The van der Waals surface area contributed by atoms with Gasteiger partial charge in [-0.25, -0.2) is 4.79 Å². The van der Waals surface area contributed by atoms with Gasteiger partial charge in [-0.15, -0.1) is 0 Å². The summed E-state index contributed by atoms with van der Waals surface area (Å²) in [7, 11) is 0. The zero-order chi connectivity index (χ0) is 10.0. The highest BCUT2D eigenvalue weighted by Gasteiger charge is 2.18. The molecule has 0 fully saturated rings. The minimum atomic E-state index is -1.03. The van der Waals surface area contributed by atoms with E-state index in [0.717, 1.165) is 0 Å². The first kappa shape index (κ1) is 10.1. The largest absolute Gasteiger partial charge is 0.478 e. The van der Waals surface area contributed by atoms with Crippen molar-refractivity contribution < 1.29 is 9.90 Å². The lowest BCUT2D eigenvalue weighted by Gasteiger charge is -2.02. The first-order valence-corrected chi connectivity index (χ1v) is 4.36. The summed E-state index contributed by atoms with van der Waals surface area (Å²) in [5.74, 6) is -0.663. The molecule has 1 rings (SSSR count). The van der Waals surface area contributed by atoms with Gasteiger partial charge in [-0.05, 0) is 12.3 Å². The van der Waals surface area contributed by atoms with Crippen molar-refractivity contribution in [3.05, 3.63) is 16.4 Å². The fourth-order valence-corrected chi connectivity index (χ4v) is 1.36. The first-order valence-electron chi connectivity index (χ1n) is 3.98. The molecule has 0 aliphatic heterocycles. The fraction of sp³-hybridized carbons (Fsp3) is 0.500. The molecule has 0 bridgehead atoms. The van der Waals surface area contributed by atoms with Crippen LogP contribution in [-0.2, 0) is 6.42 Å². The molecular formula is C8H11ClN2O2. The summed E-state index contributed by atoms with van der Waals surface area (Å²) in [6.07, 6.45) is 0.640. The van der Waals surface area contributed by atoms with Crippen molar-refractivity contribution in [2.45, 2.75) is 20.3 Å². The van der Waals surface area contributed by atoms with Crippen LogP contribution in [0.4, 0.5) is 0 Å². The zero-order valence-corrected chi connectivity index (χ0v) is 8.22. The number of hydrogen-bond donors (Lipinski definition) is 2. The van der Waals surface area contributed by atoms with Crippen LogP contribution in [0.15, 0.2) is 0 Å². The average Bonchev–Trinajstić information content (AvgIpc) is 2.30. The van der Waals surface area contributed by atoms with Crippen molar-refractivity contribution in [3.8, 4) is 0 Å². The lowest BCUT2D eigenvalue weighted by Crippen LogP contribution is -2.03. The molecule has 0 radical (unpaired) electrons. The second-order valence-electron chi connectivity index (χ2n) is 3.27. The predicted molar refractivity (Wildman–Crippen MR) is 49.1 cm³/mol. The van der Waals surface area contributed by atoms with Crippen LogP contribution in [0.1, 0.15) is 29.9 Å². The van der Waals surface area contributed by atoms with Crippen LogP contribution in [0.25, 0.3) is 0 Å². The van der Waals surface area contributed by atoms with Crippen LogP contribution < -0.4 is 0 Å². The Hall–Kier alpha value is -1.03. The smallest absolute Gasteiger partial charge is 0.340 e. The topological polar surface area (TPSA) is 66.0 Å². The van der Waals surface area contributed by atoms with Gasteiger partial charge in [0, 0.05) is 0 Å². The molecule has 0 amide bonds. The molecule has 72 valence electrons. The molecular weight excluding hydrogens is 192 g/mol. The number of aromatic carboxylic acids is 1. The molecule has 0 aliphatic rings. The van der Waals surface area contributed by atoms with Crippen LogP contribution in [-0.4, -0.2) is 21.3 Å². The number of nitrogens with one attached hydrogen (secondary N) is 1. The Kier molecular flexibility index (Phi) is 2.93. The molecule has 0 aliphatic carbocycles. The van der Waals surface area contributed by atoms with Gasteiger partial charge in [-0.3, -0.25) is 5.10 Å². The minimum absolute atomic E-state index is 0.0307. The van der Waals surface area contributed by atoms with E-state index in [1.54, 1.807) is 0 Å².